The van der Waals surface area contributed by atoms with Crippen molar-refractivity contribution >= 4 is 5.91 Å². The van der Waals surface area contributed by atoms with E-state index in [-0.39, 0.29) is 12.5 Å². The lowest BCUT2D eigenvalue weighted by molar-refractivity contribution is -0.314. The van der Waals surface area contributed by atoms with Crippen LogP contribution in [0.1, 0.15) is 181 Å². The number of aliphatic hydroxyl groups is 5. The normalized spacial score (nSPS) is 22.7. The number of aliphatic hydroxyl groups excluding tert-OH is 5. The second kappa shape index (κ2) is 30.1. The number of hydrogen-bond donors (Lipinski definition) is 6. The molecule has 1 amide bonds. The Morgan fingerprint density at radius 1 is 0.617 bits per heavy atom. The van der Waals surface area contributed by atoms with Crippen molar-refractivity contribution in [2.75, 3.05) is 13.2 Å². The molecule has 280 valence electrons. The molecular weight excluding hydrogens is 598 g/mol. The van der Waals surface area contributed by atoms with E-state index in [0.29, 0.717) is 12.8 Å². The predicted octanol–water partition coefficient (Wildman–Crippen LogP) is 6.83. The highest BCUT2D eigenvalue weighted by Gasteiger charge is 2.45. The van der Waals surface area contributed by atoms with Crippen LogP contribution < -0.4 is 5.32 Å². The lowest BCUT2D eigenvalue weighted by Crippen LogP contribution is -2.61. The zero-order valence-electron chi connectivity index (χ0n) is 30.3. The Kier molecular flexibility index (Phi) is 28.3. The van der Waals surface area contributed by atoms with Gasteiger partial charge in [0.2, 0.25) is 5.91 Å². The number of unbranched alkanes of at least 4 members (excludes halogenated alkanes) is 22. The third-order valence-electron chi connectivity index (χ3n) is 9.75. The van der Waals surface area contributed by atoms with Crippen LogP contribution in [0.3, 0.4) is 0 Å². The highest BCUT2D eigenvalue weighted by Crippen LogP contribution is 2.25. The van der Waals surface area contributed by atoms with Gasteiger partial charge < -0.3 is 40.3 Å². The number of carbonyl (C=O) groups excluding carboxylic acids is 1. The first-order valence-corrected chi connectivity index (χ1v) is 19.8. The van der Waals surface area contributed by atoms with Crippen LogP contribution in [-0.4, -0.2) is 87.5 Å². The standard InChI is InChI=1S/C38H75NO8/c1-3-5-7-9-11-13-15-16-18-19-21-23-25-27-32(46-38-37(45)36(44)35(43)33(30-41)47-38)31(29-40)39-34(42)28-26-24-22-20-17-14-12-10-8-6-4-2/h31-33,35-38,40-41,43-45H,3-30H2,1-2H3,(H,39,42)/t31-,32+,33-,35-,36-,37-,38-/m0/s1. The molecule has 1 fully saturated rings. The number of hydrogen-bond acceptors (Lipinski definition) is 8. The van der Waals surface area contributed by atoms with E-state index in [1.807, 2.05) is 0 Å². The fraction of sp³-hybridized carbons (Fsp3) is 0.974. The van der Waals surface area contributed by atoms with Crippen molar-refractivity contribution in [1.82, 2.24) is 5.32 Å². The molecule has 1 aliphatic heterocycles. The molecular formula is C38H75NO8. The van der Waals surface area contributed by atoms with E-state index in [1.54, 1.807) is 0 Å². The number of carbonyl (C=O) groups is 1. The molecule has 7 atom stereocenters. The van der Waals surface area contributed by atoms with Crippen molar-refractivity contribution in [3.05, 3.63) is 0 Å². The van der Waals surface area contributed by atoms with E-state index in [2.05, 4.69) is 19.2 Å². The van der Waals surface area contributed by atoms with E-state index in [9.17, 15) is 30.3 Å². The van der Waals surface area contributed by atoms with Gasteiger partial charge in [-0.2, -0.15) is 0 Å². The highest BCUT2D eigenvalue weighted by molar-refractivity contribution is 5.76. The van der Waals surface area contributed by atoms with Crippen molar-refractivity contribution in [1.29, 1.82) is 0 Å². The first-order chi connectivity index (χ1) is 22.9. The smallest absolute Gasteiger partial charge is 0.220 e. The van der Waals surface area contributed by atoms with Crippen LogP contribution in [0.25, 0.3) is 0 Å². The van der Waals surface area contributed by atoms with Gasteiger partial charge in [-0.25, -0.2) is 0 Å². The maximum absolute atomic E-state index is 12.9. The summed E-state index contributed by atoms with van der Waals surface area (Å²) in [4.78, 5) is 12.9. The van der Waals surface area contributed by atoms with E-state index < -0.39 is 49.5 Å². The van der Waals surface area contributed by atoms with Gasteiger partial charge in [0.15, 0.2) is 6.29 Å². The lowest BCUT2D eigenvalue weighted by atomic mass is 9.98. The Morgan fingerprint density at radius 2 is 1.04 bits per heavy atom. The van der Waals surface area contributed by atoms with E-state index in [4.69, 9.17) is 9.47 Å². The van der Waals surface area contributed by atoms with Gasteiger partial charge in [-0.3, -0.25) is 4.79 Å². The first-order valence-electron chi connectivity index (χ1n) is 19.8. The minimum absolute atomic E-state index is 0.146. The fourth-order valence-electron chi connectivity index (χ4n) is 6.56. The zero-order valence-corrected chi connectivity index (χ0v) is 30.3. The average molecular weight is 674 g/mol. The van der Waals surface area contributed by atoms with Crippen LogP contribution in [0.2, 0.25) is 0 Å². The predicted molar refractivity (Wildman–Crippen MR) is 189 cm³/mol. The summed E-state index contributed by atoms with van der Waals surface area (Å²) >= 11 is 0. The molecule has 1 heterocycles. The summed E-state index contributed by atoms with van der Waals surface area (Å²) in [6, 6.07) is -0.708. The van der Waals surface area contributed by atoms with Crippen LogP contribution in [-0.2, 0) is 14.3 Å². The molecule has 1 saturated heterocycles. The van der Waals surface area contributed by atoms with Gasteiger partial charge in [-0.05, 0) is 12.8 Å². The maximum atomic E-state index is 12.9. The molecule has 0 bridgehead atoms. The SMILES string of the molecule is CCCCCCCCCCCCCCC[C@@H](O[C@H]1O[C@@H](CO)[C@H](O)[C@H](O)[C@@H]1O)[C@H](CO)NC(=O)CCCCCCCCCCCCC. The minimum Gasteiger partial charge on any atom is -0.394 e. The van der Waals surface area contributed by atoms with Crippen molar-refractivity contribution < 1.29 is 39.8 Å². The Bertz CT molecular complexity index is 711. The van der Waals surface area contributed by atoms with Crippen LogP contribution in [0, 0.1) is 0 Å². The fourth-order valence-corrected chi connectivity index (χ4v) is 6.56. The van der Waals surface area contributed by atoms with Gasteiger partial charge in [0.05, 0.1) is 25.4 Å². The van der Waals surface area contributed by atoms with Gasteiger partial charge in [0, 0.05) is 6.42 Å². The maximum Gasteiger partial charge on any atom is 0.220 e. The molecule has 0 aromatic carbocycles. The van der Waals surface area contributed by atoms with Gasteiger partial charge in [0.25, 0.3) is 0 Å². The molecule has 0 unspecified atom stereocenters. The third kappa shape index (κ3) is 21.1. The van der Waals surface area contributed by atoms with E-state index in [0.717, 1.165) is 38.5 Å². The Labute approximate surface area is 287 Å². The second-order valence-electron chi connectivity index (χ2n) is 14.0. The summed E-state index contributed by atoms with van der Waals surface area (Å²) in [6.07, 6.45) is 22.4. The molecule has 0 aromatic heterocycles. The van der Waals surface area contributed by atoms with Gasteiger partial charge in [-0.1, -0.05) is 162 Å². The van der Waals surface area contributed by atoms with Crippen LogP contribution in [0.5, 0.6) is 0 Å². The van der Waals surface area contributed by atoms with Crippen molar-refractivity contribution in [2.24, 2.45) is 0 Å². The quantitative estimate of drug-likeness (QED) is 0.0426. The number of amides is 1. The summed E-state index contributed by atoms with van der Waals surface area (Å²) < 4.78 is 11.7. The summed E-state index contributed by atoms with van der Waals surface area (Å²) in [5.74, 6) is -0.146. The molecule has 9 heteroatoms. The molecule has 0 saturated carbocycles. The molecule has 9 nitrogen and oxygen atoms in total. The Morgan fingerprint density at radius 3 is 1.47 bits per heavy atom. The minimum atomic E-state index is -1.55. The average Bonchev–Trinajstić information content (AvgIpc) is 3.07. The topological polar surface area (TPSA) is 149 Å². The Balaban J connectivity index is 2.49. The first kappa shape index (κ1) is 44.2. The molecule has 6 N–H and O–H groups in total. The monoisotopic (exact) mass is 674 g/mol. The van der Waals surface area contributed by atoms with Crippen molar-refractivity contribution in [3.63, 3.8) is 0 Å². The van der Waals surface area contributed by atoms with Crippen molar-refractivity contribution in [3.8, 4) is 0 Å². The molecule has 0 radical (unpaired) electrons. The van der Waals surface area contributed by atoms with Gasteiger partial charge in [0.1, 0.15) is 24.4 Å². The lowest BCUT2D eigenvalue weighted by Gasteiger charge is -2.41. The van der Waals surface area contributed by atoms with E-state index >= 15 is 0 Å². The number of rotatable bonds is 32. The van der Waals surface area contributed by atoms with Crippen molar-refractivity contribution in [2.45, 2.75) is 224 Å². The number of ether oxygens (including phenoxy) is 2. The molecule has 0 aliphatic carbocycles. The largest absolute Gasteiger partial charge is 0.394 e. The summed E-state index contributed by atoms with van der Waals surface area (Å²) in [5.41, 5.74) is 0. The van der Waals surface area contributed by atoms with E-state index in [1.165, 1.54) is 116 Å². The molecule has 0 aromatic rings. The summed E-state index contributed by atoms with van der Waals surface area (Å²) in [6.45, 7) is 3.59. The van der Waals surface area contributed by atoms with Crippen LogP contribution in [0.4, 0.5) is 0 Å². The molecule has 1 aliphatic rings. The Hall–Kier alpha value is -0.810. The highest BCUT2D eigenvalue weighted by atomic mass is 16.7. The van der Waals surface area contributed by atoms with Crippen LogP contribution in [0.15, 0.2) is 0 Å². The molecule has 1 rings (SSSR count). The third-order valence-corrected chi connectivity index (χ3v) is 9.75. The molecule has 47 heavy (non-hydrogen) atoms. The van der Waals surface area contributed by atoms with Crippen LogP contribution >= 0.6 is 0 Å². The zero-order chi connectivity index (χ0) is 34.5. The number of nitrogens with one attached hydrogen (secondary N) is 1. The van der Waals surface area contributed by atoms with Gasteiger partial charge >= 0.3 is 0 Å². The van der Waals surface area contributed by atoms with Gasteiger partial charge in [-0.15, -0.1) is 0 Å². The summed E-state index contributed by atoms with van der Waals surface area (Å²) in [7, 11) is 0. The summed E-state index contributed by atoms with van der Waals surface area (Å²) in [5, 5.41) is 53.8. The second-order valence-corrected chi connectivity index (χ2v) is 14.0. The molecule has 0 spiro atoms.